The molecule has 1 aromatic rings. The second kappa shape index (κ2) is 6.84. The molecule has 27 heavy (non-hydrogen) atoms. The van der Waals surface area contributed by atoms with Gasteiger partial charge in [0.1, 0.15) is 0 Å². The van der Waals surface area contributed by atoms with Crippen LogP contribution in [-0.4, -0.2) is 17.0 Å². The van der Waals surface area contributed by atoms with Gasteiger partial charge in [0.2, 0.25) is 0 Å². The number of carbonyl (C=O) groups is 2. The Balaban J connectivity index is 1.71. The average Bonchev–Trinajstić information content (AvgIpc) is 3.13. The van der Waals surface area contributed by atoms with Gasteiger partial charge in [-0.05, 0) is 92.4 Å². The molecule has 2 N–H and O–H groups in total. The molecule has 3 aliphatic rings. The number of nitrogens with one attached hydrogen (secondary N) is 1. The molecule has 4 heteroatoms. The maximum atomic E-state index is 12.7. The summed E-state index contributed by atoms with van der Waals surface area (Å²) < 4.78 is 0. The Morgan fingerprint density at radius 1 is 1.22 bits per heavy atom. The summed E-state index contributed by atoms with van der Waals surface area (Å²) in [5.74, 6) is -0.864. The molecular weight excluding hydrogens is 338 g/mol. The number of benzene rings is 1. The Kier molecular flexibility index (Phi) is 4.50. The van der Waals surface area contributed by atoms with Crippen molar-refractivity contribution in [3.8, 4) is 0 Å². The van der Waals surface area contributed by atoms with E-state index in [1.54, 1.807) is 5.57 Å². The third-order valence-corrected chi connectivity index (χ3v) is 6.19. The van der Waals surface area contributed by atoms with Gasteiger partial charge >= 0.3 is 5.97 Å². The number of hydrogen-bond donors (Lipinski definition) is 2. The highest BCUT2D eigenvalue weighted by molar-refractivity contribution is 6.32. The molecule has 140 valence electrons. The lowest BCUT2D eigenvalue weighted by molar-refractivity contribution is -0.137. The molecule has 0 radical (unpaired) electrons. The molecule has 4 nitrogen and oxygen atoms in total. The Labute approximate surface area is 159 Å². The highest BCUT2D eigenvalue weighted by Gasteiger charge is 2.29. The van der Waals surface area contributed by atoms with Crippen molar-refractivity contribution in [2.75, 3.05) is 5.32 Å². The molecule has 1 aromatic carbocycles. The highest BCUT2D eigenvalue weighted by Crippen LogP contribution is 2.43. The van der Waals surface area contributed by atoms with E-state index in [0.717, 1.165) is 35.2 Å². The number of fused-ring (bicyclic) bond motifs is 1. The standard InChI is InChI=1S/C23H25NO3/c1-13-17(11-16-5-3-4-6-18(13)16)12-19-22-14(2)15(8-10-21(25)26)7-9-20(22)24-23(19)27/h7,9,12H,3-6,8,10-11H2,1-2H3,(H,24,27)(H,25,26). The van der Waals surface area contributed by atoms with Crippen LogP contribution in [0.5, 0.6) is 0 Å². The zero-order valence-corrected chi connectivity index (χ0v) is 15.9. The van der Waals surface area contributed by atoms with Crippen molar-refractivity contribution in [1.29, 1.82) is 0 Å². The number of amides is 1. The molecule has 1 aliphatic heterocycles. The summed E-state index contributed by atoms with van der Waals surface area (Å²) in [6.45, 7) is 4.17. The average molecular weight is 363 g/mol. The van der Waals surface area contributed by atoms with E-state index < -0.39 is 5.97 Å². The van der Waals surface area contributed by atoms with E-state index in [4.69, 9.17) is 5.11 Å². The number of carboxylic acids is 1. The van der Waals surface area contributed by atoms with Crippen LogP contribution >= 0.6 is 0 Å². The third-order valence-electron chi connectivity index (χ3n) is 6.19. The Morgan fingerprint density at radius 3 is 2.74 bits per heavy atom. The van der Waals surface area contributed by atoms with Gasteiger partial charge in [0.25, 0.3) is 5.91 Å². The van der Waals surface area contributed by atoms with Crippen LogP contribution in [0.15, 0.2) is 40.5 Å². The van der Waals surface area contributed by atoms with Gasteiger partial charge in [0, 0.05) is 23.2 Å². The highest BCUT2D eigenvalue weighted by atomic mass is 16.4. The first-order chi connectivity index (χ1) is 13.0. The van der Waals surface area contributed by atoms with Gasteiger partial charge in [-0.1, -0.05) is 11.6 Å². The van der Waals surface area contributed by atoms with Crippen LogP contribution in [0.4, 0.5) is 5.69 Å². The number of aryl methyl sites for hydroxylation is 1. The van der Waals surface area contributed by atoms with Crippen molar-refractivity contribution in [1.82, 2.24) is 0 Å². The Bertz CT molecular complexity index is 947. The van der Waals surface area contributed by atoms with Gasteiger partial charge < -0.3 is 10.4 Å². The molecular formula is C23H25NO3. The summed E-state index contributed by atoms with van der Waals surface area (Å²) in [6.07, 6.45) is 8.48. The fraction of sp³-hybridized carbons (Fsp3) is 0.391. The molecule has 0 unspecified atom stereocenters. The summed E-state index contributed by atoms with van der Waals surface area (Å²) in [4.78, 5) is 23.6. The minimum Gasteiger partial charge on any atom is -0.481 e. The number of carbonyl (C=O) groups excluding carboxylic acids is 1. The lowest BCUT2D eigenvalue weighted by Crippen LogP contribution is -2.04. The summed E-state index contributed by atoms with van der Waals surface area (Å²) in [5.41, 5.74) is 10.2. The maximum absolute atomic E-state index is 12.7. The first-order valence-electron chi connectivity index (χ1n) is 9.74. The second-order valence-electron chi connectivity index (χ2n) is 7.79. The molecule has 0 fully saturated rings. The van der Waals surface area contributed by atoms with E-state index in [0.29, 0.717) is 12.0 Å². The summed E-state index contributed by atoms with van der Waals surface area (Å²) in [6, 6.07) is 3.83. The molecule has 1 amide bonds. The normalized spacial score (nSPS) is 20.2. The fourth-order valence-corrected chi connectivity index (χ4v) is 4.66. The van der Waals surface area contributed by atoms with Gasteiger partial charge in [0.15, 0.2) is 0 Å². The molecule has 0 bridgehead atoms. The Morgan fingerprint density at radius 2 is 2.00 bits per heavy atom. The van der Waals surface area contributed by atoms with Gasteiger partial charge in [-0.15, -0.1) is 0 Å². The van der Waals surface area contributed by atoms with Crippen LogP contribution in [-0.2, 0) is 16.0 Å². The van der Waals surface area contributed by atoms with Crippen molar-refractivity contribution < 1.29 is 14.7 Å². The van der Waals surface area contributed by atoms with Crippen LogP contribution in [0.2, 0.25) is 0 Å². The number of rotatable bonds is 4. The van der Waals surface area contributed by atoms with Gasteiger partial charge in [-0.2, -0.15) is 0 Å². The lowest BCUT2D eigenvalue weighted by atomic mass is 9.91. The van der Waals surface area contributed by atoms with Crippen molar-refractivity contribution in [2.24, 2.45) is 0 Å². The van der Waals surface area contributed by atoms with Crippen molar-refractivity contribution in [3.05, 3.63) is 57.2 Å². The lowest BCUT2D eigenvalue weighted by Gasteiger charge is -2.14. The topological polar surface area (TPSA) is 66.4 Å². The van der Waals surface area contributed by atoms with Gasteiger partial charge in [-0.3, -0.25) is 9.59 Å². The van der Waals surface area contributed by atoms with Crippen molar-refractivity contribution in [2.45, 2.75) is 58.8 Å². The monoisotopic (exact) mass is 363 g/mol. The number of aliphatic carboxylic acids is 1. The third kappa shape index (κ3) is 3.14. The van der Waals surface area contributed by atoms with Crippen molar-refractivity contribution in [3.63, 3.8) is 0 Å². The molecule has 0 spiro atoms. The first kappa shape index (κ1) is 17.8. The minimum atomic E-state index is -0.803. The summed E-state index contributed by atoms with van der Waals surface area (Å²) in [5, 5.41) is 12.0. The quantitative estimate of drug-likeness (QED) is 0.745. The molecule has 0 saturated heterocycles. The molecule has 1 heterocycles. The van der Waals surface area contributed by atoms with E-state index in [9.17, 15) is 9.59 Å². The van der Waals surface area contributed by atoms with E-state index in [-0.39, 0.29) is 12.3 Å². The van der Waals surface area contributed by atoms with Crippen LogP contribution in [0, 0.1) is 6.92 Å². The minimum absolute atomic E-state index is 0.0614. The van der Waals surface area contributed by atoms with E-state index >= 15 is 0 Å². The molecule has 0 atom stereocenters. The van der Waals surface area contributed by atoms with E-state index in [1.807, 2.05) is 19.1 Å². The fourth-order valence-electron chi connectivity index (χ4n) is 4.66. The van der Waals surface area contributed by atoms with E-state index in [1.165, 1.54) is 36.0 Å². The van der Waals surface area contributed by atoms with Crippen LogP contribution < -0.4 is 5.32 Å². The molecule has 0 aromatic heterocycles. The van der Waals surface area contributed by atoms with Crippen molar-refractivity contribution >= 4 is 23.1 Å². The Hall–Kier alpha value is -2.62. The number of carboxylic acid groups (broad SMARTS) is 1. The first-order valence-corrected chi connectivity index (χ1v) is 9.74. The summed E-state index contributed by atoms with van der Waals surface area (Å²) >= 11 is 0. The summed E-state index contributed by atoms with van der Waals surface area (Å²) in [7, 11) is 0. The number of anilines is 1. The van der Waals surface area contributed by atoms with Crippen LogP contribution in [0.25, 0.3) is 5.57 Å². The number of allylic oxidation sites excluding steroid dienone is 5. The zero-order valence-electron chi connectivity index (χ0n) is 15.9. The molecule has 0 saturated carbocycles. The van der Waals surface area contributed by atoms with Crippen LogP contribution in [0.3, 0.4) is 0 Å². The SMILES string of the molecule is CC1=C(C=C2C(=O)Nc3ccc(CCC(=O)O)c(C)c32)CC2=C1CCCC2. The number of hydrogen-bond acceptors (Lipinski definition) is 2. The predicted molar refractivity (Wildman–Crippen MR) is 107 cm³/mol. The predicted octanol–water partition coefficient (Wildman–Crippen LogP) is 4.94. The largest absolute Gasteiger partial charge is 0.481 e. The zero-order chi connectivity index (χ0) is 19.1. The van der Waals surface area contributed by atoms with Gasteiger partial charge in [0.05, 0.1) is 0 Å². The second-order valence-corrected chi connectivity index (χ2v) is 7.79. The van der Waals surface area contributed by atoms with Crippen LogP contribution in [0.1, 0.15) is 62.1 Å². The molecule has 4 rings (SSSR count). The van der Waals surface area contributed by atoms with Gasteiger partial charge in [-0.25, -0.2) is 0 Å². The molecule has 2 aliphatic carbocycles. The smallest absolute Gasteiger partial charge is 0.303 e. The maximum Gasteiger partial charge on any atom is 0.303 e. The van der Waals surface area contributed by atoms with E-state index in [2.05, 4.69) is 18.3 Å².